The zero-order valence-electron chi connectivity index (χ0n) is 19.1. The molecule has 1 aromatic rings. The van der Waals surface area contributed by atoms with E-state index in [9.17, 15) is 18.0 Å². The molecule has 4 rings (SSSR count). The molecule has 7 nitrogen and oxygen atoms in total. The quantitative estimate of drug-likeness (QED) is 0.463. The summed E-state index contributed by atoms with van der Waals surface area (Å²) in [4.78, 5) is 27.5. The molecule has 2 aliphatic heterocycles. The maximum atomic E-state index is 12.6. The van der Waals surface area contributed by atoms with Crippen molar-refractivity contribution in [1.29, 1.82) is 0 Å². The van der Waals surface area contributed by atoms with E-state index in [0.29, 0.717) is 18.9 Å². The summed E-state index contributed by atoms with van der Waals surface area (Å²) in [6.45, 7) is 3.69. The van der Waals surface area contributed by atoms with Crippen LogP contribution < -0.4 is 0 Å². The van der Waals surface area contributed by atoms with Gasteiger partial charge in [0.05, 0.1) is 19.7 Å². The first-order valence-corrected chi connectivity index (χ1v) is 11.6. The van der Waals surface area contributed by atoms with E-state index >= 15 is 0 Å². The second-order valence-electron chi connectivity index (χ2n) is 8.93. The van der Waals surface area contributed by atoms with Crippen molar-refractivity contribution >= 4 is 11.9 Å². The fourth-order valence-electron chi connectivity index (χ4n) is 4.58. The van der Waals surface area contributed by atoms with E-state index in [4.69, 9.17) is 19.4 Å². The zero-order chi connectivity index (χ0) is 24.6. The molecule has 3 aliphatic rings. The lowest BCUT2D eigenvalue weighted by Gasteiger charge is -2.50. The van der Waals surface area contributed by atoms with E-state index in [0.717, 1.165) is 57.6 Å². The fourth-order valence-corrected chi connectivity index (χ4v) is 4.58. The first kappa shape index (κ1) is 26.2. The number of ether oxygens (including phenoxy) is 2. The van der Waals surface area contributed by atoms with Crippen LogP contribution in [0.4, 0.5) is 13.2 Å². The molecule has 0 radical (unpaired) electrons. The highest BCUT2D eigenvalue weighted by Crippen LogP contribution is 2.42. The van der Waals surface area contributed by atoms with Crippen LogP contribution in [0.1, 0.15) is 50.5 Å². The van der Waals surface area contributed by atoms with E-state index in [2.05, 4.69) is 11.1 Å². The van der Waals surface area contributed by atoms with Crippen LogP contribution in [-0.2, 0) is 25.7 Å². The lowest BCUT2D eigenvalue weighted by Crippen LogP contribution is -2.66. The van der Waals surface area contributed by atoms with Crippen molar-refractivity contribution in [3.8, 4) is 0 Å². The van der Waals surface area contributed by atoms with Crippen molar-refractivity contribution < 1.29 is 37.3 Å². The largest absolute Gasteiger partial charge is 0.490 e. The molecule has 2 fully saturated rings. The van der Waals surface area contributed by atoms with Crippen LogP contribution in [0.25, 0.3) is 0 Å². The predicted molar refractivity (Wildman–Crippen MR) is 117 cm³/mol. The standard InChI is InChI=1S/C22H30N2O3.C2HF3O2/c25-21(14-18-4-2-1-3-5-18)24-16-22(17-24)20(9-13-27-22)8-12-26-15-19-6-10-23-11-7-19;3-2(4,5)1(6)7/h4,6-7,10-11,20H,1-3,5,8-9,12-17H2;(H,6,7). The van der Waals surface area contributed by atoms with Gasteiger partial charge >= 0.3 is 12.1 Å². The summed E-state index contributed by atoms with van der Waals surface area (Å²) < 4.78 is 43.7. The van der Waals surface area contributed by atoms with E-state index in [1.54, 1.807) is 12.4 Å². The number of alkyl halides is 3. The Morgan fingerprint density at radius 2 is 1.94 bits per heavy atom. The minimum atomic E-state index is -5.08. The maximum Gasteiger partial charge on any atom is 0.490 e. The number of hydrogen-bond donors (Lipinski definition) is 1. The summed E-state index contributed by atoms with van der Waals surface area (Å²) in [5, 5.41) is 7.12. The van der Waals surface area contributed by atoms with Gasteiger partial charge in [-0.1, -0.05) is 11.6 Å². The third-order valence-electron chi connectivity index (χ3n) is 6.50. The number of carbonyl (C=O) groups excluding carboxylic acids is 1. The number of carboxylic acids is 1. The summed E-state index contributed by atoms with van der Waals surface area (Å²) in [5.41, 5.74) is 2.37. The van der Waals surface area contributed by atoms with Crippen LogP contribution in [0.15, 0.2) is 36.2 Å². The molecule has 2 saturated heterocycles. The molecule has 0 saturated carbocycles. The van der Waals surface area contributed by atoms with Gasteiger partial charge in [0.25, 0.3) is 0 Å². The number of aliphatic carboxylic acids is 1. The molecular weight excluding hydrogens is 453 g/mol. The summed E-state index contributed by atoms with van der Waals surface area (Å²) in [5.74, 6) is -1.99. The van der Waals surface area contributed by atoms with Crippen LogP contribution in [0, 0.1) is 5.92 Å². The number of carbonyl (C=O) groups is 2. The molecule has 1 amide bonds. The van der Waals surface area contributed by atoms with Crippen molar-refractivity contribution in [2.24, 2.45) is 5.92 Å². The van der Waals surface area contributed by atoms with Gasteiger partial charge in [-0.05, 0) is 62.1 Å². The van der Waals surface area contributed by atoms with Gasteiger partial charge in [0.15, 0.2) is 0 Å². The molecule has 1 spiro atoms. The molecule has 0 aromatic carbocycles. The molecular formula is C24H31F3N2O5. The SMILES string of the molecule is O=C(CC1=CCCCC1)N1CC2(C1)OCCC2CCOCc1ccncc1.O=C(O)C(F)(F)F. The number of aromatic nitrogens is 1. The lowest BCUT2D eigenvalue weighted by molar-refractivity contribution is -0.192. The van der Waals surface area contributed by atoms with Crippen LogP contribution >= 0.6 is 0 Å². The summed E-state index contributed by atoms with van der Waals surface area (Å²) >= 11 is 0. The van der Waals surface area contributed by atoms with Gasteiger partial charge in [-0.3, -0.25) is 9.78 Å². The van der Waals surface area contributed by atoms with Gasteiger partial charge in [-0.2, -0.15) is 13.2 Å². The Balaban J connectivity index is 0.000000406. The maximum absolute atomic E-state index is 12.6. The monoisotopic (exact) mass is 484 g/mol. The molecule has 188 valence electrons. The Morgan fingerprint density at radius 1 is 1.24 bits per heavy atom. The van der Waals surface area contributed by atoms with Gasteiger partial charge < -0.3 is 19.5 Å². The number of carboxylic acid groups (broad SMARTS) is 1. The first-order chi connectivity index (χ1) is 16.2. The number of allylic oxidation sites excluding steroid dienone is 1. The van der Waals surface area contributed by atoms with E-state index in [1.165, 1.54) is 18.4 Å². The highest BCUT2D eigenvalue weighted by atomic mass is 19.4. The molecule has 1 N–H and O–H groups in total. The average Bonchev–Trinajstić information content (AvgIpc) is 3.21. The smallest absolute Gasteiger partial charge is 0.475 e. The second-order valence-corrected chi connectivity index (χ2v) is 8.93. The van der Waals surface area contributed by atoms with Crippen LogP contribution in [0.3, 0.4) is 0 Å². The minimum Gasteiger partial charge on any atom is -0.475 e. The molecule has 10 heteroatoms. The summed E-state index contributed by atoms with van der Waals surface area (Å²) in [6, 6.07) is 3.97. The van der Waals surface area contributed by atoms with Crippen molar-refractivity contribution in [3.05, 3.63) is 41.7 Å². The molecule has 3 heterocycles. The van der Waals surface area contributed by atoms with E-state index in [1.807, 2.05) is 17.0 Å². The third-order valence-corrected chi connectivity index (χ3v) is 6.50. The predicted octanol–water partition coefficient (Wildman–Crippen LogP) is 4.13. The third kappa shape index (κ3) is 7.27. The highest BCUT2D eigenvalue weighted by molar-refractivity contribution is 5.80. The Morgan fingerprint density at radius 3 is 2.56 bits per heavy atom. The Hall–Kier alpha value is -2.46. The normalized spacial score (nSPS) is 21.3. The molecule has 1 aromatic heterocycles. The Bertz CT molecular complexity index is 854. The number of likely N-dealkylation sites (tertiary alicyclic amines) is 1. The number of hydrogen-bond acceptors (Lipinski definition) is 5. The van der Waals surface area contributed by atoms with E-state index in [-0.39, 0.29) is 11.5 Å². The van der Waals surface area contributed by atoms with Crippen molar-refractivity contribution in [2.75, 3.05) is 26.3 Å². The van der Waals surface area contributed by atoms with Crippen LogP contribution in [0.5, 0.6) is 0 Å². The van der Waals surface area contributed by atoms with Gasteiger partial charge in [0, 0.05) is 32.0 Å². The Kier molecular flexibility index (Phi) is 9.07. The number of amides is 1. The van der Waals surface area contributed by atoms with Crippen LogP contribution in [-0.4, -0.2) is 64.9 Å². The molecule has 0 bridgehead atoms. The zero-order valence-corrected chi connectivity index (χ0v) is 19.1. The minimum absolute atomic E-state index is 0.114. The van der Waals surface area contributed by atoms with E-state index < -0.39 is 12.1 Å². The average molecular weight is 485 g/mol. The van der Waals surface area contributed by atoms with Gasteiger partial charge in [-0.15, -0.1) is 0 Å². The molecule has 1 aliphatic carbocycles. The fraction of sp³-hybridized carbons (Fsp3) is 0.625. The van der Waals surface area contributed by atoms with Crippen molar-refractivity contribution in [2.45, 2.75) is 63.3 Å². The van der Waals surface area contributed by atoms with Crippen molar-refractivity contribution in [3.63, 3.8) is 0 Å². The second kappa shape index (κ2) is 11.8. The summed E-state index contributed by atoms with van der Waals surface area (Å²) in [6.07, 6.45) is 8.18. The van der Waals surface area contributed by atoms with Crippen LogP contribution in [0.2, 0.25) is 0 Å². The van der Waals surface area contributed by atoms with Gasteiger partial charge in [0.2, 0.25) is 5.91 Å². The number of halogens is 3. The molecule has 1 unspecified atom stereocenters. The van der Waals surface area contributed by atoms with Gasteiger partial charge in [0.1, 0.15) is 5.60 Å². The first-order valence-electron chi connectivity index (χ1n) is 11.6. The topological polar surface area (TPSA) is 89.0 Å². The molecule has 34 heavy (non-hydrogen) atoms. The number of nitrogens with zero attached hydrogens (tertiary/aromatic N) is 2. The number of rotatable bonds is 7. The Labute approximate surface area is 196 Å². The number of pyridine rings is 1. The lowest BCUT2D eigenvalue weighted by atomic mass is 9.78. The highest BCUT2D eigenvalue weighted by Gasteiger charge is 2.53. The van der Waals surface area contributed by atoms with Gasteiger partial charge in [-0.25, -0.2) is 4.79 Å². The van der Waals surface area contributed by atoms with Crippen molar-refractivity contribution in [1.82, 2.24) is 9.88 Å². The summed E-state index contributed by atoms with van der Waals surface area (Å²) in [7, 11) is 0. The molecule has 1 atom stereocenters.